The number of carbonyl (C=O) groups is 1. The number of hydrogen-bond acceptors (Lipinski definition) is 6. The predicted molar refractivity (Wildman–Crippen MR) is 135 cm³/mol. The van der Waals surface area contributed by atoms with Crippen molar-refractivity contribution in [1.29, 1.82) is 0 Å². The molecule has 0 aliphatic rings. The van der Waals surface area contributed by atoms with Crippen molar-refractivity contribution < 1.29 is 9.21 Å². The van der Waals surface area contributed by atoms with E-state index in [1.165, 1.54) is 11.8 Å². The first kappa shape index (κ1) is 22.6. The predicted octanol–water partition coefficient (Wildman–Crippen LogP) is 5.24. The van der Waals surface area contributed by atoms with Gasteiger partial charge in [0.05, 0.1) is 18.6 Å². The minimum atomic E-state index is -0.0132. The molecule has 0 spiro atoms. The van der Waals surface area contributed by atoms with Gasteiger partial charge in [-0.15, -0.1) is 10.2 Å². The number of furan rings is 1. The number of amides is 1. The van der Waals surface area contributed by atoms with E-state index >= 15 is 0 Å². The Balaban J connectivity index is 1.39. The van der Waals surface area contributed by atoms with E-state index in [2.05, 4.69) is 15.2 Å². The van der Waals surface area contributed by atoms with Crippen LogP contribution < -0.4 is 0 Å². The summed E-state index contributed by atoms with van der Waals surface area (Å²) in [6.07, 6.45) is 5.10. The summed E-state index contributed by atoms with van der Waals surface area (Å²) in [5.74, 6) is 1.62. The largest absolute Gasteiger partial charge is 0.467 e. The molecule has 0 aliphatic heterocycles. The molecule has 2 aromatic carbocycles. The first-order valence-electron chi connectivity index (χ1n) is 11.2. The molecule has 1 amide bonds. The molecule has 8 heteroatoms. The maximum absolute atomic E-state index is 13.4. The minimum absolute atomic E-state index is 0.0132. The first-order valence-corrected chi connectivity index (χ1v) is 12.1. The lowest BCUT2D eigenvalue weighted by atomic mass is 10.2. The van der Waals surface area contributed by atoms with E-state index < -0.39 is 0 Å². The highest BCUT2D eigenvalue weighted by molar-refractivity contribution is 7.99. The SMILES string of the molecule is O=C(CSc1nnc(-c2cccnc2)n1-c1ccccc1)N(Cc1ccccc1)Cc1ccco1. The molecular formula is C27H23N5O2S. The van der Waals surface area contributed by atoms with E-state index in [9.17, 15) is 4.79 Å². The number of aromatic nitrogens is 4. The number of thioether (sulfide) groups is 1. The van der Waals surface area contributed by atoms with Gasteiger partial charge in [0.25, 0.3) is 0 Å². The number of hydrogen-bond donors (Lipinski definition) is 0. The molecule has 5 aromatic rings. The Labute approximate surface area is 207 Å². The summed E-state index contributed by atoms with van der Waals surface area (Å²) < 4.78 is 7.47. The Hall–Kier alpha value is -4.17. The monoisotopic (exact) mass is 481 g/mol. The summed E-state index contributed by atoms with van der Waals surface area (Å²) in [4.78, 5) is 19.4. The summed E-state index contributed by atoms with van der Waals surface area (Å²) in [6, 6.07) is 27.3. The van der Waals surface area contributed by atoms with Crippen LogP contribution in [0, 0.1) is 0 Å². The molecule has 0 radical (unpaired) electrons. The van der Waals surface area contributed by atoms with Gasteiger partial charge in [-0.1, -0.05) is 60.3 Å². The third kappa shape index (κ3) is 5.50. The Morgan fingerprint density at radius 2 is 1.69 bits per heavy atom. The number of para-hydroxylation sites is 1. The zero-order valence-corrected chi connectivity index (χ0v) is 19.7. The highest BCUT2D eigenvalue weighted by Gasteiger charge is 2.20. The summed E-state index contributed by atoms with van der Waals surface area (Å²) >= 11 is 1.36. The number of rotatable bonds is 9. The highest BCUT2D eigenvalue weighted by Crippen LogP contribution is 2.28. The average molecular weight is 482 g/mol. The van der Waals surface area contributed by atoms with Crippen molar-refractivity contribution in [3.63, 3.8) is 0 Å². The van der Waals surface area contributed by atoms with Crippen LogP contribution in [0.2, 0.25) is 0 Å². The fraction of sp³-hybridized carbons (Fsp3) is 0.111. The van der Waals surface area contributed by atoms with Gasteiger partial charge in [0.2, 0.25) is 5.91 Å². The topological polar surface area (TPSA) is 77.1 Å². The van der Waals surface area contributed by atoms with Gasteiger partial charge >= 0.3 is 0 Å². The van der Waals surface area contributed by atoms with Crippen molar-refractivity contribution in [2.75, 3.05) is 5.75 Å². The molecule has 0 bridgehead atoms. The van der Waals surface area contributed by atoms with E-state index in [1.54, 1.807) is 23.6 Å². The Bertz CT molecular complexity index is 1360. The number of carbonyl (C=O) groups excluding carboxylic acids is 1. The van der Waals surface area contributed by atoms with Crippen molar-refractivity contribution in [3.05, 3.63) is 115 Å². The van der Waals surface area contributed by atoms with E-state index in [4.69, 9.17) is 4.42 Å². The normalized spacial score (nSPS) is 10.9. The Morgan fingerprint density at radius 3 is 2.40 bits per heavy atom. The molecule has 3 aromatic heterocycles. The second-order valence-electron chi connectivity index (χ2n) is 7.82. The van der Waals surface area contributed by atoms with E-state index in [0.29, 0.717) is 24.1 Å². The molecule has 0 aliphatic carbocycles. The lowest BCUT2D eigenvalue weighted by molar-refractivity contribution is -0.129. The van der Waals surface area contributed by atoms with Crippen LogP contribution >= 0.6 is 11.8 Å². The van der Waals surface area contributed by atoms with Gasteiger partial charge in [0.15, 0.2) is 11.0 Å². The van der Waals surface area contributed by atoms with E-state index in [1.807, 2.05) is 89.5 Å². The van der Waals surface area contributed by atoms with Crippen molar-refractivity contribution in [2.45, 2.75) is 18.2 Å². The van der Waals surface area contributed by atoms with Gasteiger partial charge in [-0.05, 0) is 42.0 Å². The molecule has 0 saturated carbocycles. The third-order valence-corrected chi connectivity index (χ3v) is 6.30. The van der Waals surface area contributed by atoms with Crippen molar-refractivity contribution >= 4 is 17.7 Å². The van der Waals surface area contributed by atoms with Gasteiger partial charge < -0.3 is 9.32 Å². The highest BCUT2D eigenvalue weighted by atomic mass is 32.2. The van der Waals surface area contributed by atoms with Gasteiger partial charge in [-0.2, -0.15) is 0 Å². The number of pyridine rings is 1. The molecule has 7 nitrogen and oxygen atoms in total. The van der Waals surface area contributed by atoms with Gasteiger partial charge in [0.1, 0.15) is 5.76 Å². The second-order valence-corrected chi connectivity index (χ2v) is 8.76. The molecule has 0 N–H and O–H groups in total. The van der Waals surface area contributed by atoms with Crippen LogP contribution in [-0.4, -0.2) is 36.3 Å². The van der Waals surface area contributed by atoms with Crippen LogP contribution in [0.3, 0.4) is 0 Å². The van der Waals surface area contributed by atoms with Crippen LogP contribution in [-0.2, 0) is 17.9 Å². The molecule has 0 saturated heterocycles. The molecule has 0 unspecified atom stereocenters. The van der Waals surface area contributed by atoms with Gasteiger partial charge in [-0.3, -0.25) is 14.3 Å². The fourth-order valence-corrected chi connectivity index (χ4v) is 4.55. The second kappa shape index (κ2) is 10.8. The number of benzene rings is 2. The maximum atomic E-state index is 13.4. The molecule has 0 fully saturated rings. The average Bonchev–Trinajstić information content (AvgIpc) is 3.58. The zero-order chi connectivity index (χ0) is 23.9. The summed E-state index contributed by atoms with van der Waals surface area (Å²) in [7, 11) is 0. The van der Waals surface area contributed by atoms with Crippen LogP contribution in [0.5, 0.6) is 0 Å². The molecule has 174 valence electrons. The molecule has 35 heavy (non-hydrogen) atoms. The molecular weight excluding hydrogens is 458 g/mol. The van der Waals surface area contributed by atoms with Crippen LogP contribution in [0.4, 0.5) is 0 Å². The van der Waals surface area contributed by atoms with Crippen molar-refractivity contribution in [2.24, 2.45) is 0 Å². The smallest absolute Gasteiger partial charge is 0.233 e. The third-order valence-electron chi connectivity index (χ3n) is 5.39. The first-order chi connectivity index (χ1) is 17.3. The molecule has 3 heterocycles. The standard InChI is InChI=1S/C27H23N5O2S/c33-25(31(19-24-14-8-16-34-24)18-21-9-3-1-4-10-21)20-35-27-30-29-26(22-11-7-15-28-17-22)32(27)23-12-5-2-6-13-23/h1-17H,18-20H2. The van der Waals surface area contributed by atoms with Crippen molar-refractivity contribution in [1.82, 2.24) is 24.6 Å². The van der Waals surface area contributed by atoms with Crippen LogP contribution in [0.1, 0.15) is 11.3 Å². The fourth-order valence-electron chi connectivity index (χ4n) is 3.70. The number of nitrogens with zero attached hydrogens (tertiary/aromatic N) is 5. The molecule has 0 atom stereocenters. The summed E-state index contributed by atoms with van der Waals surface area (Å²) in [5, 5.41) is 9.49. The summed E-state index contributed by atoms with van der Waals surface area (Å²) in [6.45, 7) is 0.890. The van der Waals surface area contributed by atoms with Crippen LogP contribution in [0.25, 0.3) is 17.1 Å². The zero-order valence-electron chi connectivity index (χ0n) is 18.9. The van der Waals surface area contributed by atoms with E-state index in [-0.39, 0.29) is 11.7 Å². The van der Waals surface area contributed by atoms with Crippen molar-refractivity contribution in [3.8, 4) is 17.1 Å². The minimum Gasteiger partial charge on any atom is -0.467 e. The lowest BCUT2D eigenvalue weighted by Gasteiger charge is -2.22. The quantitative estimate of drug-likeness (QED) is 0.268. The maximum Gasteiger partial charge on any atom is 0.233 e. The molecule has 5 rings (SSSR count). The Morgan fingerprint density at radius 1 is 0.886 bits per heavy atom. The lowest BCUT2D eigenvalue weighted by Crippen LogP contribution is -2.31. The summed E-state index contributed by atoms with van der Waals surface area (Å²) in [5.41, 5.74) is 2.83. The van der Waals surface area contributed by atoms with Crippen LogP contribution in [0.15, 0.2) is 113 Å². The van der Waals surface area contributed by atoms with Gasteiger partial charge in [0, 0.05) is 30.2 Å². The van der Waals surface area contributed by atoms with Gasteiger partial charge in [-0.25, -0.2) is 0 Å². The van der Waals surface area contributed by atoms with E-state index in [0.717, 1.165) is 22.6 Å². The Kier molecular flexibility index (Phi) is 7.00.